The van der Waals surface area contributed by atoms with E-state index in [0.717, 1.165) is 18.4 Å². The predicted molar refractivity (Wildman–Crippen MR) is 107 cm³/mol. The number of carbonyl (C=O) groups is 1. The summed E-state index contributed by atoms with van der Waals surface area (Å²) >= 11 is 6.14. The second-order valence-electron chi connectivity index (χ2n) is 7.34. The van der Waals surface area contributed by atoms with Crippen LogP contribution in [0.5, 0.6) is 0 Å². The average molecular weight is 406 g/mol. The summed E-state index contributed by atoms with van der Waals surface area (Å²) in [5.74, 6) is -1.82. The highest BCUT2D eigenvalue weighted by atomic mass is 35.5. The van der Waals surface area contributed by atoms with E-state index >= 15 is 0 Å². The Balaban J connectivity index is 1.79. The number of halogens is 2. The van der Waals surface area contributed by atoms with E-state index in [0.29, 0.717) is 48.7 Å². The summed E-state index contributed by atoms with van der Waals surface area (Å²) in [7, 11) is 0. The van der Waals surface area contributed by atoms with Crippen LogP contribution in [0.3, 0.4) is 0 Å². The Kier molecular flexibility index (Phi) is 4.89. The fourth-order valence-corrected chi connectivity index (χ4v) is 4.03. The predicted octanol–water partition coefficient (Wildman–Crippen LogP) is 3.23. The molecule has 2 fully saturated rings. The number of aromatic carboxylic acids is 1. The topological polar surface area (TPSA) is 88.6 Å². The number of aromatic nitrogens is 1. The van der Waals surface area contributed by atoms with E-state index in [9.17, 15) is 19.1 Å². The van der Waals surface area contributed by atoms with Crippen molar-refractivity contribution in [3.8, 4) is 0 Å². The van der Waals surface area contributed by atoms with E-state index in [4.69, 9.17) is 17.3 Å². The van der Waals surface area contributed by atoms with Gasteiger partial charge >= 0.3 is 5.97 Å². The highest BCUT2D eigenvalue weighted by Crippen LogP contribution is 2.38. The van der Waals surface area contributed by atoms with Crippen LogP contribution in [0, 0.1) is 5.82 Å². The van der Waals surface area contributed by atoms with Gasteiger partial charge in [-0.05, 0) is 37.8 Å². The maximum atomic E-state index is 14.9. The molecule has 1 aliphatic heterocycles. The first-order chi connectivity index (χ1) is 13.4. The average Bonchev–Trinajstić information content (AvgIpc) is 3.52. The first-order valence-corrected chi connectivity index (χ1v) is 9.71. The molecular weight excluding hydrogens is 385 g/mol. The van der Waals surface area contributed by atoms with Crippen molar-refractivity contribution in [2.75, 3.05) is 24.5 Å². The summed E-state index contributed by atoms with van der Waals surface area (Å²) in [5.41, 5.74) is 6.72. The molecule has 0 unspecified atom stereocenters. The molecule has 3 N–H and O–H groups in total. The van der Waals surface area contributed by atoms with Crippen LogP contribution in [0.25, 0.3) is 10.9 Å². The lowest BCUT2D eigenvalue weighted by atomic mass is 10.0. The molecule has 1 aromatic carbocycles. The standard InChI is InChI=1S/C20H21ClFN3O3/c21-15(9-23)11-3-5-24(6-4-11)18-8-17-13(7-16(18)22)19(26)14(20(27)28)10-25(17)12-1-2-12/h7-8,10,12H,1-6,9,23H2,(H,27,28). The van der Waals surface area contributed by atoms with Crippen molar-refractivity contribution in [2.24, 2.45) is 5.73 Å². The van der Waals surface area contributed by atoms with Gasteiger partial charge in [0, 0.05) is 42.3 Å². The highest BCUT2D eigenvalue weighted by molar-refractivity contribution is 6.30. The summed E-state index contributed by atoms with van der Waals surface area (Å²) in [6, 6.07) is 3.00. The lowest BCUT2D eigenvalue weighted by molar-refractivity contribution is 0.0695. The Bertz CT molecular complexity index is 1050. The van der Waals surface area contributed by atoms with Gasteiger partial charge in [-0.1, -0.05) is 17.2 Å². The minimum absolute atomic E-state index is 0.108. The van der Waals surface area contributed by atoms with Gasteiger partial charge in [0.05, 0.1) is 11.2 Å². The molecule has 2 aromatic rings. The van der Waals surface area contributed by atoms with Crippen molar-refractivity contribution in [1.29, 1.82) is 0 Å². The number of fused-ring (bicyclic) bond motifs is 1. The van der Waals surface area contributed by atoms with Crippen LogP contribution >= 0.6 is 11.6 Å². The van der Waals surface area contributed by atoms with Crippen LogP contribution in [0.15, 0.2) is 33.7 Å². The molecule has 1 saturated carbocycles. The highest BCUT2D eigenvalue weighted by Gasteiger charge is 2.28. The third kappa shape index (κ3) is 3.29. The Morgan fingerprint density at radius 1 is 1.29 bits per heavy atom. The molecule has 0 radical (unpaired) electrons. The zero-order valence-corrected chi connectivity index (χ0v) is 16.0. The maximum absolute atomic E-state index is 14.9. The molecule has 0 bridgehead atoms. The van der Waals surface area contributed by atoms with E-state index in [1.54, 1.807) is 6.07 Å². The quantitative estimate of drug-likeness (QED) is 0.815. The minimum Gasteiger partial charge on any atom is -0.477 e. The number of carboxylic acids is 1. The fraction of sp³-hybridized carbons (Fsp3) is 0.400. The van der Waals surface area contributed by atoms with E-state index in [1.165, 1.54) is 12.3 Å². The molecule has 148 valence electrons. The number of benzene rings is 1. The fourth-order valence-electron chi connectivity index (χ4n) is 3.84. The monoisotopic (exact) mass is 405 g/mol. The lowest BCUT2D eigenvalue weighted by Crippen LogP contribution is -2.32. The molecule has 4 rings (SSSR count). The van der Waals surface area contributed by atoms with Gasteiger partial charge in [-0.15, -0.1) is 0 Å². The SMILES string of the molecule is NCC(Cl)=C1CCN(c2cc3c(cc2F)c(=O)c(C(=O)O)cn3C2CC2)CC1. The Morgan fingerprint density at radius 2 is 1.96 bits per heavy atom. The molecule has 0 spiro atoms. The second kappa shape index (κ2) is 7.22. The molecule has 8 heteroatoms. The summed E-state index contributed by atoms with van der Waals surface area (Å²) in [5, 5.41) is 10.1. The van der Waals surface area contributed by atoms with Crippen molar-refractivity contribution in [2.45, 2.75) is 31.7 Å². The van der Waals surface area contributed by atoms with Gasteiger partial charge in [-0.3, -0.25) is 4.79 Å². The van der Waals surface area contributed by atoms with Crippen LogP contribution in [0.1, 0.15) is 42.1 Å². The number of anilines is 1. The number of hydrogen-bond donors (Lipinski definition) is 2. The van der Waals surface area contributed by atoms with Crippen molar-refractivity contribution in [1.82, 2.24) is 4.57 Å². The third-order valence-electron chi connectivity index (χ3n) is 5.54. The number of pyridine rings is 1. The van der Waals surface area contributed by atoms with Crippen molar-refractivity contribution < 1.29 is 14.3 Å². The van der Waals surface area contributed by atoms with Crippen LogP contribution in [-0.2, 0) is 0 Å². The van der Waals surface area contributed by atoms with E-state index < -0.39 is 17.2 Å². The molecular formula is C20H21ClFN3O3. The van der Waals surface area contributed by atoms with E-state index in [2.05, 4.69) is 0 Å². The molecule has 6 nitrogen and oxygen atoms in total. The summed E-state index contributed by atoms with van der Waals surface area (Å²) in [6.45, 7) is 1.52. The largest absolute Gasteiger partial charge is 0.477 e. The number of piperidine rings is 1. The smallest absolute Gasteiger partial charge is 0.341 e. The van der Waals surface area contributed by atoms with Crippen LogP contribution in [0.2, 0.25) is 0 Å². The Hall–Kier alpha value is -2.38. The zero-order valence-electron chi connectivity index (χ0n) is 15.3. The van der Waals surface area contributed by atoms with Gasteiger partial charge in [-0.25, -0.2) is 9.18 Å². The molecule has 2 aliphatic rings. The number of carboxylic acid groups (broad SMARTS) is 1. The molecule has 0 amide bonds. The summed E-state index contributed by atoms with van der Waals surface area (Å²) in [4.78, 5) is 25.9. The van der Waals surface area contributed by atoms with Gasteiger partial charge in [0.15, 0.2) is 0 Å². The molecule has 28 heavy (non-hydrogen) atoms. The Labute approximate surface area is 166 Å². The number of hydrogen-bond acceptors (Lipinski definition) is 4. The minimum atomic E-state index is -1.29. The van der Waals surface area contributed by atoms with E-state index in [1.807, 2.05) is 9.47 Å². The van der Waals surface area contributed by atoms with Gasteiger partial charge < -0.3 is 20.3 Å². The molecule has 1 aromatic heterocycles. The number of nitrogens with two attached hydrogens (primary N) is 1. The zero-order chi connectivity index (χ0) is 20.0. The molecule has 0 atom stereocenters. The third-order valence-corrected chi connectivity index (χ3v) is 5.96. The van der Waals surface area contributed by atoms with Gasteiger partial charge in [0.1, 0.15) is 11.4 Å². The first-order valence-electron chi connectivity index (χ1n) is 9.33. The maximum Gasteiger partial charge on any atom is 0.341 e. The molecule has 2 heterocycles. The normalized spacial score (nSPS) is 17.2. The lowest BCUT2D eigenvalue weighted by Gasteiger charge is -2.31. The van der Waals surface area contributed by atoms with Crippen molar-refractivity contribution >= 4 is 34.2 Å². The molecule has 1 aliphatic carbocycles. The van der Waals surface area contributed by atoms with Gasteiger partial charge in [-0.2, -0.15) is 0 Å². The number of nitrogens with zero attached hydrogens (tertiary/aromatic N) is 2. The summed E-state index contributed by atoms with van der Waals surface area (Å²) in [6.07, 6.45) is 4.64. The van der Waals surface area contributed by atoms with Gasteiger partial charge in [0.2, 0.25) is 5.43 Å². The Morgan fingerprint density at radius 3 is 2.54 bits per heavy atom. The van der Waals surface area contributed by atoms with Crippen LogP contribution in [0.4, 0.5) is 10.1 Å². The van der Waals surface area contributed by atoms with Crippen LogP contribution in [-0.4, -0.2) is 35.3 Å². The van der Waals surface area contributed by atoms with Gasteiger partial charge in [0.25, 0.3) is 0 Å². The van der Waals surface area contributed by atoms with Crippen LogP contribution < -0.4 is 16.1 Å². The summed E-state index contributed by atoms with van der Waals surface area (Å²) < 4.78 is 16.7. The van der Waals surface area contributed by atoms with Crippen molar-refractivity contribution in [3.05, 3.63) is 50.5 Å². The number of rotatable bonds is 4. The first kappa shape index (κ1) is 19.0. The molecule has 1 saturated heterocycles. The second-order valence-corrected chi connectivity index (χ2v) is 7.79. The van der Waals surface area contributed by atoms with E-state index in [-0.39, 0.29) is 17.0 Å². The van der Waals surface area contributed by atoms with Crippen molar-refractivity contribution in [3.63, 3.8) is 0 Å².